The zero-order valence-corrected chi connectivity index (χ0v) is 11.8. The van der Waals surface area contributed by atoms with Crippen LogP contribution in [0, 0.1) is 5.92 Å². The van der Waals surface area contributed by atoms with Crippen LogP contribution in [0.4, 0.5) is 0 Å². The zero-order valence-electron chi connectivity index (χ0n) is 11.8. The van der Waals surface area contributed by atoms with Gasteiger partial charge < -0.3 is 15.2 Å². The highest BCUT2D eigenvalue weighted by Gasteiger charge is 2.18. The first-order chi connectivity index (χ1) is 9.28. The standard InChI is InChI=1S/C16H25NO2/c1-19-16-8-4-7-14(10-16)11-17-12-15(18)9-13-5-2-3-6-13/h4,7-8,10,13,15,17-18H,2-3,5-6,9,11-12H2,1H3. The summed E-state index contributed by atoms with van der Waals surface area (Å²) in [5.41, 5.74) is 1.19. The van der Waals surface area contributed by atoms with E-state index in [1.165, 1.54) is 31.2 Å². The number of nitrogens with one attached hydrogen (secondary N) is 1. The molecular weight excluding hydrogens is 238 g/mol. The van der Waals surface area contributed by atoms with Gasteiger partial charge in [0.25, 0.3) is 0 Å². The molecule has 0 radical (unpaired) electrons. The van der Waals surface area contributed by atoms with Gasteiger partial charge in [-0.15, -0.1) is 0 Å². The van der Waals surface area contributed by atoms with Gasteiger partial charge in [-0.05, 0) is 30.0 Å². The molecule has 1 aromatic carbocycles. The van der Waals surface area contributed by atoms with Crippen molar-refractivity contribution in [1.29, 1.82) is 0 Å². The van der Waals surface area contributed by atoms with Gasteiger partial charge in [-0.25, -0.2) is 0 Å². The molecular formula is C16H25NO2. The Balaban J connectivity index is 1.67. The number of benzene rings is 1. The third kappa shape index (κ3) is 4.84. The minimum atomic E-state index is -0.214. The van der Waals surface area contributed by atoms with Crippen molar-refractivity contribution in [3.63, 3.8) is 0 Å². The molecule has 3 nitrogen and oxygen atoms in total. The van der Waals surface area contributed by atoms with Crippen LogP contribution in [0.2, 0.25) is 0 Å². The van der Waals surface area contributed by atoms with E-state index in [2.05, 4.69) is 11.4 Å². The SMILES string of the molecule is COc1cccc(CNCC(O)CC2CCCC2)c1. The van der Waals surface area contributed by atoms with E-state index in [9.17, 15) is 5.11 Å². The maximum atomic E-state index is 10.0. The number of hydrogen-bond donors (Lipinski definition) is 2. The topological polar surface area (TPSA) is 41.5 Å². The van der Waals surface area contributed by atoms with Crippen LogP contribution in [0.3, 0.4) is 0 Å². The van der Waals surface area contributed by atoms with Crippen molar-refractivity contribution < 1.29 is 9.84 Å². The molecule has 1 fully saturated rings. The van der Waals surface area contributed by atoms with E-state index >= 15 is 0 Å². The van der Waals surface area contributed by atoms with Crippen molar-refractivity contribution >= 4 is 0 Å². The lowest BCUT2D eigenvalue weighted by molar-refractivity contribution is 0.140. The van der Waals surface area contributed by atoms with Crippen LogP contribution in [0.15, 0.2) is 24.3 Å². The van der Waals surface area contributed by atoms with Crippen LogP contribution in [-0.4, -0.2) is 24.9 Å². The lowest BCUT2D eigenvalue weighted by Gasteiger charge is -2.16. The van der Waals surface area contributed by atoms with Gasteiger partial charge >= 0.3 is 0 Å². The molecule has 2 N–H and O–H groups in total. The number of rotatable bonds is 7. The van der Waals surface area contributed by atoms with Crippen molar-refractivity contribution in [2.24, 2.45) is 5.92 Å². The van der Waals surface area contributed by atoms with E-state index in [0.717, 1.165) is 24.6 Å². The van der Waals surface area contributed by atoms with Gasteiger partial charge in [0.05, 0.1) is 13.2 Å². The normalized spacial score (nSPS) is 17.6. The molecule has 0 aromatic heterocycles. The summed E-state index contributed by atoms with van der Waals surface area (Å²) >= 11 is 0. The van der Waals surface area contributed by atoms with Gasteiger partial charge in [-0.3, -0.25) is 0 Å². The van der Waals surface area contributed by atoms with Crippen LogP contribution < -0.4 is 10.1 Å². The van der Waals surface area contributed by atoms with Crippen molar-refractivity contribution in [3.05, 3.63) is 29.8 Å². The molecule has 106 valence electrons. The minimum absolute atomic E-state index is 0.214. The van der Waals surface area contributed by atoms with Gasteiger partial charge in [-0.2, -0.15) is 0 Å². The zero-order chi connectivity index (χ0) is 13.5. The first-order valence-electron chi connectivity index (χ1n) is 7.29. The number of ether oxygens (including phenoxy) is 1. The third-order valence-corrected chi connectivity index (χ3v) is 3.92. The molecule has 1 aromatic rings. The Morgan fingerprint density at radius 1 is 1.37 bits per heavy atom. The van der Waals surface area contributed by atoms with Gasteiger partial charge in [0, 0.05) is 13.1 Å². The molecule has 1 aliphatic carbocycles. The second-order valence-electron chi connectivity index (χ2n) is 5.52. The second kappa shape index (κ2) is 7.51. The highest BCUT2D eigenvalue weighted by molar-refractivity contribution is 5.28. The first-order valence-corrected chi connectivity index (χ1v) is 7.29. The lowest BCUT2D eigenvalue weighted by atomic mass is 10.00. The Hall–Kier alpha value is -1.06. The molecule has 0 spiro atoms. The summed E-state index contributed by atoms with van der Waals surface area (Å²) in [5, 5.41) is 13.3. The van der Waals surface area contributed by atoms with Gasteiger partial charge in [-0.1, -0.05) is 37.8 Å². The fourth-order valence-corrected chi connectivity index (χ4v) is 2.88. The van der Waals surface area contributed by atoms with Crippen LogP contribution in [0.5, 0.6) is 5.75 Å². The number of methoxy groups -OCH3 is 1. The van der Waals surface area contributed by atoms with E-state index in [0.29, 0.717) is 6.54 Å². The first kappa shape index (κ1) is 14.4. The Morgan fingerprint density at radius 2 is 2.16 bits per heavy atom. The third-order valence-electron chi connectivity index (χ3n) is 3.92. The summed E-state index contributed by atoms with van der Waals surface area (Å²) < 4.78 is 5.19. The molecule has 0 saturated heterocycles. The number of aliphatic hydroxyl groups excluding tert-OH is 1. The maximum absolute atomic E-state index is 10.0. The number of hydrogen-bond acceptors (Lipinski definition) is 3. The molecule has 1 atom stereocenters. The Labute approximate surface area is 116 Å². The molecule has 19 heavy (non-hydrogen) atoms. The van der Waals surface area contributed by atoms with Crippen LogP contribution in [-0.2, 0) is 6.54 Å². The van der Waals surface area contributed by atoms with Crippen molar-refractivity contribution in [2.45, 2.75) is 44.8 Å². The van der Waals surface area contributed by atoms with Gasteiger partial charge in [0.15, 0.2) is 0 Å². The van der Waals surface area contributed by atoms with Gasteiger partial charge in [0.1, 0.15) is 5.75 Å². The minimum Gasteiger partial charge on any atom is -0.497 e. The van der Waals surface area contributed by atoms with E-state index in [-0.39, 0.29) is 6.10 Å². The average molecular weight is 263 g/mol. The van der Waals surface area contributed by atoms with Gasteiger partial charge in [0.2, 0.25) is 0 Å². The predicted molar refractivity (Wildman–Crippen MR) is 77.3 cm³/mol. The smallest absolute Gasteiger partial charge is 0.119 e. The summed E-state index contributed by atoms with van der Waals surface area (Å²) in [4.78, 5) is 0. The lowest BCUT2D eigenvalue weighted by Crippen LogP contribution is -2.27. The Morgan fingerprint density at radius 3 is 2.89 bits per heavy atom. The maximum Gasteiger partial charge on any atom is 0.119 e. The van der Waals surface area contributed by atoms with Crippen molar-refractivity contribution in [1.82, 2.24) is 5.32 Å². The number of aliphatic hydroxyl groups is 1. The quantitative estimate of drug-likeness (QED) is 0.795. The summed E-state index contributed by atoms with van der Waals surface area (Å²) in [6, 6.07) is 8.03. The molecule has 0 heterocycles. The van der Waals surface area contributed by atoms with Crippen LogP contribution >= 0.6 is 0 Å². The summed E-state index contributed by atoms with van der Waals surface area (Å²) in [7, 11) is 1.68. The summed E-state index contributed by atoms with van der Waals surface area (Å²) in [5.74, 6) is 1.62. The van der Waals surface area contributed by atoms with E-state index in [1.807, 2.05) is 18.2 Å². The largest absolute Gasteiger partial charge is 0.497 e. The van der Waals surface area contributed by atoms with Crippen LogP contribution in [0.1, 0.15) is 37.7 Å². The molecule has 2 rings (SSSR count). The van der Waals surface area contributed by atoms with E-state index in [4.69, 9.17) is 4.74 Å². The molecule has 1 aliphatic rings. The highest BCUT2D eigenvalue weighted by Crippen LogP contribution is 2.28. The molecule has 0 amide bonds. The monoisotopic (exact) mass is 263 g/mol. The molecule has 0 bridgehead atoms. The Kier molecular flexibility index (Phi) is 5.67. The van der Waals surface area contributed by atoms with Crippen molar-refractivity contribution in [3.8, 4) is 5.75 Å². The predicted octanol–water partition coefficient (Wildman–Crippen LogP) is 2.73. The summed E-state index contributed by atoms with van der Waals surface area (Å²) in [6.45, 7) is 1.45. The molecule has 3 heteroatoms. The fraction of sp³-hybridized carbons (Fsp3) is 0.625. The highest BCUT2D eigenvalue weighted by atomic mass is 16.5. The van der Waals surface area contributed by atoms with E-state index in [1.54, 1.807) is 7.11 Å². The van der Waals surface area contributed by atoms with Crippen LogP contribution in [0.25, 0.3) is 0 Å². The Bertz CT molecular complexity index is 375. The molecule has 1 unspecified atom stereocenters. The van der Waals surface area contributed by atoms with E-state index < -0.39 is 0 Å². The molecule has 0 aliphatic heterocycles. The fourth-order valence-electron chi connectivity index (χ4n) is 2.88. The molecule has 1 saturated carbocycles. The summed E-state index contributed by atoms with van der Waals surface area (Å²) in [6.07, 6.45) is 6.02. The average Bonchev–Trinajstić information content (AvgIpc) is 2.92. The second-order valence-corrected chi connectivity index (χ2v) is 5.52. The van der Waals surface area contributed by atoms with Crippen molar-refractivity contribution in [2.75, 3.05) is 13.7 Å².